The zero-order valence-electron chi connectivity index (χ0n) is 12.3. The number of nitrogens with zero attached hydrogens (tertiary/aromatic N) is 1. The summed E-state index contributed by atoms with van der Waals surface area (Å²) in [5.74, 6) is -0.439. The molecular formula is C19H14FN3. The average Bonchev–Trinajstić information content (AvgIpc) is 2.95. The molecule has 0 amide bonds. The second-order valence-electron chi connectivity index (χ2n) is 5.47. The van der Waals surface area contributed by atoms with E-state index >= 15 is 0 Å². The van der Waals surface area contributed by atoms with Crippen molar-refractivity contribution in [3.8, 4) is 0 Å². The van der Waals surface area contributed by atoms with Gasteiger partial charge in [-0.1, -0.05) is 42.5 Å². The van der Waals surface area contributed by atoms with Crippen LogP contribution in [0.4, 0.5) is 10.1 Å². The van der Waals surface area contributed by atoms with Crippen molar-refractivity contribution >= 4 is 39.5 Å². The van der Waals surface area contributed by atoms with Gasteiger partial charge in [-0.25, -0.2) is 4.39 Å². The van der Waals surface area contributed by atoms with Crippen molar-refractivity contribution in [2.45, 2.75) is 0 Å². The number of anilines is 1. The fraction of sp³-hybridized carbons (Fsp3) is 0. The molecule has 0 saturated carbocycles. The van der Waals surface area contributed by atoms with Crippen LogP contribution in [0.3, 0.4) is 0 Å². The van der Waals surface area contributed by atoms with Crippen molar-refractivity contribution in [1.29, 1.82) is 0 Å². The van der Waals surface area contributed by atoms with Gasteiger partial charge in [-0.15, -0.1) is 0 Å². The molecule has 0 unspecified atom stereocenters. The average molecular weight is 303 g/mol. The van der Waals surface area contributed by atoms with E-state index in [1.165, 1.54) is 16.8 Å². The van der Waals surface area contributed by atoms with Crippen LogP contribution in [0.2, 0.25) is 0 Å². The van der Waals surface area contributed by atoms with Crippen molar-refractivity contribution in [3.05, 3.63) is 71.7 Å². The third-order valence-electron chi connectivity index (χ3n) is 3.92. The SMILES string of the molecule is Nc1cc2c(C=Cc3ccc4ccccc4c3)n[nH]c2cc1F. The second kappa shape index (κ2) is 5.25. The summed E-state index contributed by atoms with van der Waals surface area (Å²) < 4.78 is 13.5. The van der Waals surface area contributed by atoms with Crippen LogP contribution in [0.5, 0.6) is 0 Å². The van der Waals surface area contributed by atoms with Gasteiger partial charge in [0, 0.05) is 11.5 Å². The van der Waals surface area contributed by atoms with E-state index in [2.05, 4.69) is 40.5 Å². The Kier molecular flexibility index (Phi) is 3.08. The number of nitrogen functional groups attached to an aromatic ring is 1. The number of nitrogens with one attached hydrogen (secondary N) is 1. The molecule has 0 fully saturated rings. The summed E-state index contributed by atoms with van der Waals surface area (Å²) in [6.07, 6.45) is 3.89. The summed E-state index contributed by atoms with van der Waals surface area (Å²) in [7, 11) is 0. The molecule has 3 N–H and O–H groups in total. The maximum Gasteiger partial charge on any atom is 0.148 e. The van der Waals surface area contributed by atoms with Crippen LogP contribution in [-0.2, 0) is 0 Å². The van der Waals surface area contributed by atoms with Crippen molar-refractivity contribution < 1.29 is 4.39 Å². The van der Waals surface area contributed by atoms with Crippen LogP contribution >= 0.6 is 0 Å². The monoisotopic (exact) mass is 303 g/mol. The zero-order chi connectivity index (χ0) is 15.8. The highest BCUT2D eigenvalue weighted by molar-refractivity contribution is 5.92. The Morgan fingerprint density at radius 1 is 0.957 bits per heavy atom. The Labute approximate surface area is 132 Å². The maximum absolute atomic E-state index is 13.5. The number of halogens is 1. The first-order valence-electron chi connectivity index (χ1n) is 7.31. The van der Waals surface area contributed by atoms with Crippen LogP contribution in [0.1, 0.15) is 11.3 Å². The van der Waals surface area contributed by atoms with Gasteiger partial charge in [-0.2, -0.15) is 5.10 Å². The first-order valence-corrected chi connectivity index (χ1v) is 7.31. The summed E-state index contributed by atoms with van der Waals surface area (Å²) in [6.45, 7) is 0. The summed E-state index contributed by atoms with van der Waals surface area (Å²) in [5.41, 5.74) is 8.22. The fourth-order valence-electron chi connectivity index (χ4n) is 2.69. The third kappa shape index (κ3) is 2.44. The minimum atomic E-state index is -0.439. The van der Waals surface area contributed by atoms with E-state index in [9.17, 15) is 4.39 Å². The molecular weight excluding hydrogens is 289 g/mol. The Hall–Kier alpha value is -3.14. The van der Waals surface area contributed by atoms with E-state index in [1.807, 2.05) is 24.3 Å². The molecule has 112 valence electrons. The van der Waals surface area contributed by atoms with Gasteiger partial charge >= 0.3 is 0 Å². The largest absolute Gasteiger partial charge is 0.396 e. The Balaban J connectivity index is 1.73. The molecule has 0 spiro atoms. The van der Waals surface area contributed by atoms with E-state index in [-0.39, 0.29) is 5.69 Å². The molecule has 1 aromatic heterocycles. The molecule has 3 nitrogen and oxygen atoms in total. The minimum absolute atomic E-state index is 0.124. The van der Waals surface area contributed by atoms with Gasteiger partial charge in [0.15, 0.2) is 0 Å². The molecule has 0 atom stereocenters. The number of hydrogen-bond donors (Lipinski definition) is 2. The van der Waals surface area contributed by atoms with E-state index in [0.717, 1.165) is 16.6 Å². The van der Waals surface area contributed by atoms with Crippen molar-refractivity contribution in [3.63, 3.8) is 0 Å². The predicted octanol–water partition coefficient (Wildman–Crippen LogP) is 4.61. The van der Waals surface area contributed by atoms with E-state index in [4.69, 9.17) is 5.73 Å². The van der Waals surface area contributed by atoms with Gasteiger partial charge in [0.25, 0.3) is 0 Å². The number of fused-ring (bicyclic) bond motifs is 2. The Morgan fingerprint density at radius 2 is 1.78 bits per heavy atom. The first kappa shape index (κ1) is 13.5. The molecule has 0 aliphatic rings. The molecule has 0 bridgehead atoms. The second-order valence-corrected chi connectivity index (χ2v) is 5.47. The lowest BCUT2D eigenvalue weighted by Gasteiger charge is -1.99. The van der Waals surface area contributed by atoms with Gasteiger partial charge < -0.3 is 5.73 Å². The van der Waals surface area contributed by atoms with Crippen LogP contribution < -0.4 is 5.73 Å². The number of aromatic nitrogens is 2. The van der Waals surface area contributed by atoms with Crippen molar-refractivity contribution in [2.24, 2.45) is 0 Å². The number of rotatable bonds is 2. The normalized spacial score (nSPS) is 11.7. The standard InChI is InChI=1S/C19H14FN3/c20-16-11-19-15(10-17(16)21)18(22-23-19)8-6-12-5-7-13-3-1-2-4-14(13)9-12/h1-11H,21H2,(H,22,23). The van der Waals surface area contributed by atoms with Crippen LogP contribution in [0, 0.1) is 5.82 Å². The molecule has 4 heteroatoms. The molecule has 0 radical (unpaired) electrons. The van der Waals surface area contributed by atoms with Gasteiger partial charge in [-0.05, 0) is 34.5 Å². The minimum Gasteiger partial charge on any atom is -0.396 e. The highest BCUT2D eigenvalue weighted by Crippen LogP contribution is 2.24. The highest BCUT2D eigenvalue weighted by Gasteiger charge is 2.07. The number of aromatic amines is 1. The molecule has 3 aromatic carbocycles. The maximum atomic E-state index is 13.5. The zero-order valence-corrected chi connectivity index (χ0v) is 12.3. The number of H-pyrrole nitrogens is 1. The van der Waals surface area contributed by atoms with Crippen LogP contribution in [-0.4, -0.2) is 10.2 Å². The van der Waals surface area contributed by atoms with E-state index in [1.54, 1.807) is 6.07 Å². The number of hydrogen-bond acceptors (Lipinski definition) is 2. The lowest BCUT2D eigenvalue weighted by Crippen LogP contribution is -1.89. The number of nitrogens with two attached hydrogens (primary N) is 1. The van der Waals surface area contributed by atoms with Gasteiger partial charge in [0.2, 0.25) is 0 Å². The van der Waals surface area contributed by atoms with Crippen molar-refractivity contribution in [2.75, 3.05) is 5.73 Å². The molecule has 23 heavy (non-hydrogen) atoms. The lowest BCUT2D eigenvalue weighted by molar-refractivity contribution is 0.634. The quantitative estimate of drug-likeness (QED) is 0.531. The lowest BCUT2D eigenvalue weighted by atomic mass is 10.1. The molecule has 0 aliphatic carbocycles. The van der Waals surface area contributed by atoms with Crippen LogP contribution in [0.15, 0.2) is 54.6 Å². The summed E-state index contributed by atoms with van der Waals surface area (Å²) in [6, 6.07) is 17.5. The van der Waals surface area contributed by atoms with Gasteiger partial charge in [0.1, 0.15) is 5.82 Å². The van der Waals surface area contributed by atoms with Crippen LogP contribution in [0.25, 0.3) is 33.8 Å². The highest BCUT2D eigenvalue weighted by atomic mass is 19.1. The topological polar surface area (TPSA) is 54.7 Å². The van der Waals surface area contributed by atoms with Gasteiger partial charge in [-0.3, -0.25) is 5.10 Å². The first-order chi connectivity index (χ1) is 11.2. The summed E-state index contributed by atoms with van der Waals surface area (Å²) in [5, 5.41) is 10.2. The fourth-order valence-corrected chi connectivity index (χ4v) is 2.69. The molecule has 0 aliphatic heterocycles. The number of benzene rings is 3. The summed E-state index contributed by atoms with van der Waals surface area (Å²) >= 11 is 0. The Morgan fingerprint density at radius 3 is 2.65 bits per heavy atom. The molecule has 0 saturated heterocycles. The van der Waals surface area contributed by atoms with E-state index in [0.29, 0.717) is 5.52 Å². The predicted molar refractivity (Wildman–Crippen MR) is 93.3 cm³/mol. The van der Waals surface area contributed by atoms with E-state index < -0.39 is 5.82 Å². The third-order valence-corrected chi connectivity index (χ3v) is 3.92. The molecule has 4 aromatic rings. The Bertz CT molecular complexity index is 1050. The van der Waals surface area contributed by atoms with Crippen molar-refractivity contribution in [1.82, 2.24) is 10.2 Å². The molecule has 1 heterocycles. The summed E-state index contributed by atoms with van der Waals surface area (Å²) in [4.78, 5) is 0. The smallest absolute Gasteiger partial charge is 0.148 e. The molecule has 4 rings (SSSR count). The van der Waals surface area contributed by atoms with Gasteiger partial charge in [0.05, 0.1) is 16.9 Å².